The van der Waals surface area contributed by atoms with Crippen LogP contribution in [0, 0.1) is 0 Å². The highest BCUT2D eigenvalue weighted by molar-refractivity contribution is 5.97. The van der Waals surface area contributed by atoms with Crippen molar-refractivity contribution in [2.45, 2.75) is 31.3 Å². The van der Waals surface area contributed by atoms with Crippen molar-refractivity contribution >= 4 is 11.6 Å². The molecular weight excluding hydrogens is 312 g/mol. The highest BCUT2D eigenvalue weighted by atomic mass is 16.3. The van der Waals surface area contributed by atoms with Gasteiger partial charge < -0.3 is 15.3 Å². The van der Waals surface area contributed by atoms with E-state index >= 15 is 0 Å². The van der Waals surface area contributed by atoms with Crippen LogP contribution in [0.1, 0.15) is 24.8 Å². The first-order valence-electron chi connectivity index (χ1n) is 9.07. The second kappa shape index (κ2) is 6.62. The van der Waals surface area contributed by atoms with E-state index in [1.165, 1.54) is 16.7 Å². The molecule has 0 spiro atoms. The summed E-state index contributed by atoms with van der Waals surface area (Å²) >= 11 is 0. The summed E-state index contributed by atoms with van der Waals surface area (Å²) in [6.45, 7) is 2.12. The molecule has 1 unspecified atom stereocenters. The number of carbonyl (C=O) groups excluding carboxylic acids is 1. The maximum Gasteiger partial charge on any atom is 0.229 e. The standard InChI is InChI=1S/C21H24N2O2/c24-20(14-21(25)11-5-12-22-15-21)23-13-10-18-17(8-4-9-19(18)23)16-6-2-1-3-7-16/h1-4,6-9,22,25H,5,10-15H2. The van der Waals surface area contributed by atoms with E-state index in [4.69, 9.17) is 0 Å². The second-order valence-corrected chi connectivity index (χ2v) is 7.15. The lowest BCUT2D eigenvalue weighted by Crippen LogP contribution is -2.49. The highest BCUT2D eigenvalue weighted by Crippen LogP contribution is 2.37. The normalized spacial score (nSPS) is 22.7. The van der Waals surface area contributed by atoms with E-state index in [0.717, 1.165) is 25.1 Å². The zero-order valence-electron chi connectivity index (χ0n) is 14.4. The molecule has 0 saturated carbocycles. The lowest BCUT2D eigenvalue weighted by atomic mass is 9.90. The van der Waals surface area contributed by atoms with Crippen molar-refractivity contribution in [3.63, 3.8) is 0 Å². The molecule has 4 heteroatoms. The first kappa shape index (κ1) is 16.3. The predicted molar refractivity (Wildman–Crippen MR) is 99.6 cm³/mol. The maximum atomic E-state index is 12.9. The molecule has 1 fully saturated rings. The van der Waals surface area contributed by atoms with Gasteiger partial charge in [0.2, 0.25) is 5.91 Å². The van der Waals surface area contributed by atoms with Crippen molar-refractivity contribution < 1.29 is 9.90 Å². The van der Waals surface area contributed by atoms with Gasteiger partial charge in [-0.15, -0.1) is 0 Å². The van der Waals surface area contributed by atoms with Crippen LogP contribution in [0.4, 0.5) is 5.69 Å². The van der Waals surface area contributed by atoms with E-state index in [9.17, 15) is 9.90 Å². The predicted octanol–water partition coefficient (Wildman–Crippen LogP) is 2.75. The van der Waals surface area contributed by atoms with Crippen LogP contribution < -0.4 is 10.2 Å². The third-order valence-electron chi connectivity index (χ3n) is 5.34. The number of rotatable bonds is 3. The van der Waals surface area contributed by atoms with E-state index in [2.05, 4.69) is 23.5 Å². The molecule has 130 valence electrons. The highest BCUT2D eigenvalue weighted by Gasteiger charge is 2.35. The fourth-order valence-corrected chi connectivity index (χ4v) is 4.06. The monoisotopic (exact) mass is 336 g/mol. The Morgan fingerprint density at radius 3 is 2.76 bits per heavy atom. The minimum absolute atomic E-state index is 0.0233. The van der Waals surface area contributed by atoms with Crippen LogP contribution in [-0.2, 0) is 11.2 Å². The second-order valence-electron chi connectivity index (χ2n) is 7.15. The van der Waals surface area contributed by atoms with Crippen molar-refractivity contribution in [3.8, 4) is 11.1 Å². The molecule has 2 aliphatic rings. The van der Waals surface area contributed by atoms with Gasteiger partial charge in [0, 0.05) is 18.8 Å². The van der Waals surface area contributed by atoms with Crippen LogP contribution in [0.15, 0.2) is 48.5 Å². The number of carbonyl (C=O) groups is 1. The molecule has 2 aromatic carbocycles. The number of nitrogens with one attached hydrogen (secondary N) is 1. The van der Waals surface area contributed by atoms with Crippen molar-refractivity contribution in [2.75, 3.05) is 24.5 Å². The summed E-state index contributed by atoms with van der Waals surface area (Å²) in [5.41, 5.74) is 3.71. The minimum atomic E-state index is -0.908. The lowest BCUT2D eigenvalue weighted by Gasteiger charge is -2.33. The summed E-state index contributed by atoms with van der Waals surface area (Å²) in [4.78, 5) is 14.7. The zero-order valence-corrected chi connectivity index (χ0v) is 14.4. The van der Waals surface area contributed by atoms with Crippen LogP contribution in [0.25, 0.3) is 11.1 Å². The first-order valence-corrected chi connectivity index (χ1v) is 9.07. The van der Waals surface area contributed by atoms with E-state index in [1.54, 1.807) is 0 Å². The Labute approximate surface area is 148 Å². The fourth-order valence-electron chi connectivity index (χ4n) is 4.06. The van der Waals surface area contributed by atoms with E-state index < -0.39 is 5.60 Å². The van der Waals surface area contributed by atoms with Crippen molar-refractivity contribution in [3.05, 3.63) is 54.1 Å². The van der Waals surface area contributed by atoms with E-state index in [0.29, 0.717) is 19.5 Å². The smallest absolute Gasteiger partial charge is 0.229 e. The number of nitrogens with zero attached hydrogens (tertiary/aromatic N) is 1. The van der Waals surface area contributed by atoms with Gasteiger partial charge in [0.25, 0.3) is 0 Å². The molecule has 0 aliphatic carbocycles. The van der Waals surface area contributed by atoms with Gasteiger partial charge in [-0.1, -0.05) is 42.5 Å². The summed E-state index contributed by atoms with van der Waals surface area (Å²) < 4.78 is 0. The molecule has 1 atom stereocenters. The van der Waals surface area contributed by atoms with Crippen molar-refractivity contribution in [1.29, 1.82) is 0 Å². The quantitative estimate of drug-likeness (QED) is 0.906. The molecule has 4 nitrogen and oxygen atoms in total. The van der Waals surface area contributed by atoms with Crippen LogP contribution in [0.2, 0.25) is 0 Å². The number of benzene rings is 2. The summed E-state index contributed by atoms with van der Waals surface area (Å²) in [5.74, 6) is 0.0233. The van der Waals surface area contributed by atoms with Gasteiger partial charge >= 0.3 is 0 Å². The number of hydrogen-bond acceptors (Lipinski definition) is 3. The summed E-state index contributed by atoms with van der Waals surface area (Å²) in [6.07, 6.45) is 2.66. The van der Waals surface area contributed by atoms with E-state index in [-0.39, 0.29) is 12.3 Å². The summed E-state index contributed by atoms with van der Waals surface area (Å²) in [6, 6.07) is 16.5. The van der Waals surface area contributed by atoms with Crippen LogP contribution in [0.5, 0.6) is 0 Å². The molecule has 4 rings (SSSR count). The first-order chi connectivity index (χ1) is 12.2. The number of β-amino-alcohol motifs (C(OH)–C–C–N with tert-alkyl or cyclic N) is 1. The topological polar surface area (TPSA) is 52.6 Å². The molecule has 2 heterocycles. The molecular formula is C21H24N2O2. The Bertz CT molecular complexity index is 767. The lowest BCUT2D eigenvalue weighted by molar-refractivity contribution is -0.124. The molecule has 0 aromatic heterocycles. The maximum absolute atomic E-state index is 12.9. The fraction of sp³-hybridized carbons (Fsp3) is 0.381. The Kier molecular flexibility index (Phi) is 4.32. The Morgan fingerprint density at radius 2 is 2.00 bits per heavy atom. The molecule has 0 radical (unpaired) electrons. The third-order valence-corrected chi connectivity index (χ3v) is 5.34. The number of aliphatic hydroxyl groups is 1. The molecule has 0 bridgehead atoms. The average molecular weight is 336 g/mol. The van der Waals surface area contributed by atoms with Gasteiger partial charge in [-0.05, 0) is 48.6 Å². The van der Waals surface area contributed by atoms with Gasteiger partial charge in [-0.2, -0.15) is 0 Å². The van der Waals surface area contributed by atoms with Gasteiger partial charge in [0.05, 0.1) is 12.0 Å². The number of piperidine rings is 1. The van der Waals surface area contributed by atoms with Crippen LogP contribution >= 0.6 is 0 Å². The number of anilines is 1. The van der Waals surface area contributed by atoms with Crippen molar-refractivity contribution in [1.82, 2.24) is 5.32 Å². The van der Waals surface area contributed by atoms with Gasteiger partial charge in [-0.3, -0.25) is 4.79 Å². The van der Waals surface area contributed by atoms with Gasteiger partial charge in [0.1, 0.15) is 0 Å². The average Bonchev–Trinajstić information content (AvgIpc) is 3.07. The SMILES string of the molecule is O=C(CC1(O)CCCNC1)N1CCc2c(-c3ccccc3)cccc21. The van der Waals surface area contributed by atoms with E-state index in [1.807, 2.05) is 35.2 Å². The summed E-state index contributed by atoms with van der Waals surface area (Å²) in [7, 11) is 0. The molecule has 2 N–H and O–H groups in total. The number of fused-ring (bicyclic) bond motifs is 1. The summed E-state index contributed by atoms with van der Waals surface area (Å²) in [5, 5.41) is 13.9. The Morgan fingerprint density at radius 1 is 1.16 bits per heavy atom. The van der Waals surface area contributed by atoms with Crippen LogP contribution in [0.3, 0.4) is 0 Å². The third kappa shape index (κ3) is 3.20. The largest absolute Gasteiger partial charge is 0.388 e. The Balaban J connectivity index is 1.59. The Hall–Kier alpha value is -2.17. The van der Waals surface area contributed by atoms with Gasteiger partial charge in [0.15, 0.2) is 0 Å². The molecule has 25 heavy (non-hydrogen) atoms. The molecule has 1 amide bonds. The molecule has 2 aromatic rings. The van der Waals surface area contributed by atoms with Gasteiger partial charge in [-0.25, -0.2) is 0 Å². The molecule has 1 saturated heterocycles. The number of amides is 1. The van der Waals surface area contributed by atoms with Crippen LogP contribution in [-0.4, -0.2) is 36.2 Å². The minimum Gasteiger partial charge on any atom is -0.388 e. The molecule has 2 aliphatic heterocycles. The zero-order chi connectivity index (χ0) is 17.3. The van der Waals surface area contributed by atoms with Crippen molar-refractivity contribution in [2.24, 2.45) is 0 Å². The number of hydrogen-bond donors (Lipinski definition) is 2.